The molecule has 2 aromatic heterocycles. The fourth-order valence-corrected chi connectivity index (χ4v) is 2.21. The molecule has 1 atom stereocenters. The van der Waals surface area contributed by atoms with E-state index in [1.807, 2.05) is 31.2 Å². The van der Waals surface area contributed by atoms with Crippen molar-refractivity contribution in [2.24, 2.45) is 0 Å². The van der Waals surface area contributed by atoms with Crippen LogP contribution in [-0.4, -0.2) is 22.2 Å². The highest BCUT2D eigenvalue weighted by Gasteiger charge is 2.09. The second-order valence-corrected chi connectivity index (χ2v) is 5.19. The third-order valence-electron chi connectivity index (χ3n) is 3.53. The molecular formula is C18H22N4. The smallest absolute Gasteiger partial charge is 0.0913 e. The number of nitrogens with zero attached hydrogens (tertiary/aromatic N) is 2. The molecule has 0 fully saturated rings. The molecule has 0 saturated heterocycles. The maximum absolute atomic E-state index is 7.33. The summed E-state index contributed by atoms with van der Waals surface area (Å²) in [6.07, 6.45) is 11.5. The van der Waals surface area contributed by atoms with Crippen LogP contribution in [0.4, 0.5) is 5.69 Å². The van der Waals surface area contributed by atoms with Crippen molar-refractivity contribution in [1.29, 1.82) is 5.41 Å². The molecule has 114 valence electrons. The predicted octanol–water partition coefficient (Wildman–Crippen LogP) is 4.45. The van der Waals surface area contributed by atoms with Crippen molar-refractivity contribution in [2.75, 3.05) is 5.32 Å². The average molecular weight is 294 g/mol. The van der Waals surface area contributed by atoms with Gasteiger partial charge in [-0.2, -0.15) is 0 Å². The fraction of sp³-hybridized carbons (Fsp3) is 0.278. The number of anilines is 1. The van der Waals surface area contributed by atoms with E-state index in [9.17, 15) is 0 Å². The van der Waals surface area contributed by atoms with Crippen LogP contribution < -0.4 is 5.32 Å². The highest BCUT2D eigenvalue weighted by atomic mass is 14.9. The summed E-state index contributed by atoms with van der Waals surface area (Å²) in [6.45, 7) is 6.27. The molecule has 0 bridgehead atoms. The van der Waals surface area contributed by atoms with Crippen LogP contribution in [0.25, 0.3) is 16.5 Å². The van der Waals surface area contributed by atoms with Gasteiger partial charge >= 0.3 is 0 Å². The van der Waals surface area contributed by atoms with E-state index in [0.717, 1.165) is 34.3 Å². The largest absolute Gasteiger partial charge is 0.382 e. The van der Waals surface area contributed by atoms with E-state index < -0.39 is 0 Å². The molecule has 0 aromatic carbocycles. The van der Waals surface area contributed by atoms with Gasteiger partial charge < -0.3 is 10.7 Å². The summed E-state index contributed by atoms with van der Waals surface area (Å²) < 4.78 is 0. The Kier molecular flexibility index (Phi) is 5.42. The average Bonchev–Trinajstić information content (AvgIpc) is 2.54. The Hall–Kier alpha value is -2.49. The van der Waals surface area contributed by atoms with Crippen LogP contribution in [0.1, 0.15) is 32.9 Å². The number of fused-ring (bicyclic) bond motifs is 1. The molecule has 2 rings (SSSR count). The Balaban J connectivity index is 2.61. The molecule has 0 amide bonds. The molecule has 2 aromatic rings. The molecule has 1 unspecified atom stereocenters. The number of hydrogen-bond donors (Lipinski definition) is 2. The minimum absolute atomic E-state index is 0.378. The number of allylic oxidation sites excluding steroid dienone is 4. The van der Waals surface area contributed by atoms with Crippen LogP contribution >= 0.6 is 0 Å². The summed E-state index contributed by atoms with van der Waals surface area (Å²) in [4.78, 5) is 8.85. The van der Waals surface area contributed by atoms with Crippen molar-refractivity contribution in [2.45, 2.75) is 33.2 Å². The lowest BCUT2D eigenvalue weighted by molar-refractivity contribution is 0.765. The number of rotatable bonds is 6. The van der Waals surface area contributed by atoms with E-state index in [2.05, 4.69) is 29.1 Å². The summed E-state index contributed by atoms with van der Waals surface area (Å²) in [5.74, 6) is 0. The van der Waals surface area contributed by atoms with Crippen molar-refractivity contribution in [3.63, 3.8) is 0 Å². The van der Waals surface area contributed by atoms with E-state index in [4.69, 9.17) is 5.41 Å². The fourth-order valence-electron chi connectivity index (χ4n) is 2.21. The van der Waals surface area contributed by atoms with Crippen LogP contribution in [0.2, 0.25) is 0 Å². The van der Waals surface area contributed by atoms with Gasteiger partial charge in [0.05, 0.1) is 17.4 Å². The minimum Gasteiger partial charge on any atom is -0.382 e. The van der Waals surface area contributed by atoms with Crippen molar-refractivity contribution in [3.05, 3.63) is 48.4 Å². The third-order valence-corrected chi connectivity index (χ3v) is 3.53. The molecule has 0 spiro atoms. The lowest BCUT2D eigenvalue weighted by atomic mass is 10.1. The Morgan fingerprint density at radius 2 is 2.27 bits per heavy atom. The maximum Gasteiger partial charge on any atom is 0.0913 e. The summed E-state index contributed by atoms with van der Waals surface area (Å²) in [6, 6.07) is 4.40. The third kappa shape index (κ3) is 3.58. The Bertz CT molecular complexity index is 716. The van der Waals surface area contributed by atoms with Gasteiger partial charge in [-0.1, -0.05) is 19.1 Å². The predicted molar refractivity (Wildman–Crippen MR) is 94.5 cm³/mol. The van der Waals surface area contributed by atoms with E-state index in [1.54, 1.807) is 18.5 Å². The number of nitrogens with one attached hydrogen (secondary N) is 2. The molecule has 22 heavy (non-hydrogen) atoms. The van der Waals surface area contributed by atoms with Crippen LogP contribution in [0.15, 0.2) is 42.8 Å². The van der Waals surface area contributed by atoms with Crippen molar-refractivity contribution >= 4 is 28.4 Å². The highest BCUT2D eigenvalue weighted by molar-refractivity contribution is 5.95. The lowest BCUT2D eigenvalue weighted by Crippen LogP contribution is -2.14. The minimum atomic E-state index is 0.378. The molecule has 0 aliphatic carbocycles. The van der Waals surface area contributed by atoms with Gasteiger partial charge in [-0.15, -0.1) is 0 Å². The molecule has 0 saturated carbocycles. The van der Waals surface area contributed by atoms with Gasteiger partial charge in [0, 0.05) is 35.1 Å². The monoisotopic (exact) mass is 294 g/mol. The van der Waals surface area contributed by atoms with Gasteiger partial charge in [0.2, 0.25) is 0 Å². The van der Waals surface area contributed by atoms with E-state index in [1.165, 1.54) is 6.21 Å². The van der Waals surface area contributed by atoms with Gasteiger partial charge in [0.1, 0.15) is 0 Å². The molecule has 2 N–H and O–H groups in total. The molecule has 4 heteroatoms. The molecule has 2 heterocycles. The van der Waals surface area contributed by atoms with E-state index in [-0.39, 0.29) is 0 Å². The Labute approximate surface area is 131 Å². The maximum atomic E-state index is 7.33. The first kappa shape index (κ1) is 15.9. The normalized spacial score (nSPS) is 13.5. The zero-order chi connectivity index (χ0) is 15.9. The van der Waals surface area contributed by atoms with Crippen LogP contribution in [0.3, 0.4) is 0 Å². The van der Waals surface area contributed by atoms with Gasteiger partial charge in [0.25, 0.3) is 0 Å². The van der Waals surface area contributed by atoms with Gasteiger partial charge in [-0.25, -0.2) is 4.98 Å². The first-order valence-electron chi connectivity index (χ1n) is 7.54. The molecule has 0 aliphatic rings. The number of pyridine rings is 2. The highest BCUT2D eigenvalue weighted by Crippen LogP contribution is 2.27. The van der Waals surface area contributed by atoms with Gasteiger partial charge in [-0.3, -0.25) is 4.98 Å². The van der Waals surface area contributed by atoms with Crippen molar-refractivity contribution in [3.8, 4) is 0 Å². The number of aromatic nitrogens is 2. The summed E-state index contributed by atoms with van der Waals surface area (Å²) >= 11 is 0. The van der Waals surface area contributed by atoms with Crippen LogP contribution in [-0.2, 0) is 0 Å². The summed E-state index contributed by atoms with van der Waals surface area (Å²) in [5.41, 5.74) is 3.66. The Morgan fingerprint density at radius 1 is 1.45 bits per heavy atom. The Morgan fingerprint density at radius 3 is 2.95 bits per heavy atom. The van der Waals surface area contributed by atoms with Crippen LogP contribution in [0.5, 0.6) is 0 Å². The topological polar surface area (TPSA) is 61.7 Å². The summed E-state index contributed by atoms with van der Waals surface area (Å²) in [5, 5.41) is 11.9. The van der Waals surface area contributed by atoms with Gasteiger partial charge in [0.15, 0.2) is 0 Å². The first-order valence-corrected chi connectivity index (χ1v) is 7.54. The molecule has 4 nitrogen and oxygen atoms in total. The van der Waals surface area contributed by atoms with Crippen molar-refractivity contribution < 1.29 is 0 Å². The SMILES string of the molecule is C/C=C\C(=C/C=N)c1cc(NC(C)CC)c2ccncc2n1. The molecule has 0 radical (unpaired) electrons. The number of hydrogen-bond acceptors (Lipinski definition) is 4. The second kappa shape index (κ2) is 7.50. The van der Waals surface area contributed by atoms with E-state index >= 15 is 0 Å². The van der Waals surface area contributed by atoms with E-state index in [0.29, 0.717) is 6.04 Å². The first-order chi connectivity index (χ1) is 10.7. The molecular weight excluding hydrogens is 272 g/mol. The second-order valence-electron chi connectivity index (χ2n) is 5.19. The lowest BCUT2D eigenvalue weighted by Gasteiger charge is -2.16. The van der Waals surface area contributed by atoms with Crippen LogP contribution in [0, 0.1) is 5.41 Å². The van der Waals surface area contributed by atoms with Crippen molar-refractivity contribution in [1.82, 2.24) is 9.97 Å². The zero-order valence-corrected chi connectivity index (χ0v) is 13.3. The summed E-state index contributed by atoms with van der Waals surface area (Å²) in [7, 11) is 0. The quantitative estimate of drug-likeness (QED) is 0.611. The standard InChI is InChI=1S/C18H22N4/c1-4-6-14(7-9-19)16-11-17(21-13(3)5-2)15-8-10-20-12-18(15)22-16/h4,6-13,19H,5H2,1-3H3,(H,21,22)/b6-4-,14-7+,19-9?. The van der Waals surface area contributed by atoms with Gasteiger partial charge in [-0.05, 0) is 38.5 Å². The zero-order valence-electron chi connectivity index (χ0n) is 13.3. The molecule has 0 aliphatic heterocycles.